The molecule has 1 saturated heterocycles. The SMILES string of the molecule is C=C1CCC(C(C)C)OC1. The van der Waals surface area contributed by atoms with Crippen molar-refractivity contribution in [3.8, 4) is 0 Å². The van der Waals surface area contributed by atoms with Gasteiger partial charge in [-0.1, -0.05) is 26.0 Å². The second-order valence-electron chi connectivity index (χ2n) is 3.38. The van der Waals surface area contributed by atoms with Gasteiger partial charge in [-0.05, 0) is 18.8 Å². The summed E-state index contributed by atoms with van der Waals surface area (Å²) in [4.78, 5) is 0. The molecule has 1 aliphatic heterocycles. The van der Waals surface area contributed by atoms with Crippen LogP contribution in [0.4, 0.5) is 0 Å². The van der Waals surface area contributed by atoms with Gasteiger partial charge in [0, 0.05) is 0 Å². The predicted molar refractivity (Wildman–Crippen MR) is 43.0 cm³/mol. The Morgan fingerprint density at radius 2 is 2.30 bits per heavy atom. The average Bonchev–Trinajstić information content (AvgIpc) is 1.88. The van der Waals surface area contributed by atoms with E-state index in [0.29, 0.717) is 12.0 Å². The van der Waals surface area contributed by atoms with Gasteiger partial charge < -0.3 is 4.74 Å². The molecule has 0 aromatic carbocycles. The molecule has 0 saturated carbocycles. The predicted octanol–water partition coefficient (Wildman–Crippen LogP) is 2.38. The van der Waals surface area contributed by atoms with E-state index in [0.717, 1.165) is 19.4 Å². The van der Waals surface area contributed by atoms with Gasteiger partial charge in [-0.2, -0.15) is 0 Å². The van der Waals surface area contributed by atoms with Crippen molar-refractivity contribution in [2.75, 3.05) is 6.61 Å². The van der Waals surface area contributed by atoms with E-state index in [-0.39, 0.29) is 0 Å². The van der Waals surface area contributed by atoms with Gasteiger partial charge in [0.05, 0.1) is 12.7 Å². The lowest BCUT2D eigenvalue weighted by Gasteiger charge is -2.26. The maximum Gasteiger partial charge on any atom is 0.0678 e. The first-order chi connectivity index (χ1) is 4.70. The lowest BCUT2D eigenvalue weighted by Crippen LogP contribution is -2.25. The minimum Gasteiger partial charge on any atom is -0.374 e. The van der Waals surface area contributed by atoms with E-state index in [1.807, 2.05) is 0 Å². The highest BCUT2D eigenvalue weighted by Crippen LogP contribution is 2.21. The van der Waals surface area contributed by atoms with E-state index in [9.17, 15) is 0 Å². The number of hydrogen-bond acceptors (Lipinski definition) is 1. The van der Waals surface area contributed by atoms with E-state index in [1.165, 1.54) is 5.57 Å². The third-order valence-corrected chi connectivity index (χ3v) is 2.03. The summed E-state index contributed by atoms with van der Waals surface area (Å²) >= 11 is 0. The largest absolute Gasteiger partial charge is 0.374 e. The lowest BCUT2D eigenvalue weighted by molar-refractivity contribution is 0.0120. The smallest absolute Gasteiger partial charge is 0.0678 e. The van der Waals surface area contributed by atoms with Crippen molar-refractivity contribution in [3.05, 3.63) is 12.2 Å². The number of ether oxygens (including phenoxy) is 1. The van der Waals surface area contributed by atoms with Gasteiger partial charge >= 0.3 is 0 Å². The molecule has 0 amide bonds. The van der Waals surface area contributed by atoms with Crippen molar-refractivity contribution < 1.29 is 4.74 Å². The van der Waals surface area contributed by atoms with E-state index in [1.54, 1.807) is 0 Å². The molecule has 0 bridgehead atoms. The summed E-state index contributed by atoms with van der Waals surface area (Å²) in [6, 6.07) is 0. The minimum absolute atomic E-state index is 0.477. The summed E-state index contributed by atoms with van der Waals surface area (Å²) in [5.41, 5.74) is 1.25. The van der Waals surface area contributed by atoms with Crippen LogP contribution in [0, 0.1) is 5.92 Å². The summed E-state index contributed by atoms with van der Waals surface area (Å²) in [6.07, 6.45) is 2.80. The molecule has 0 spiro atoms. The molecule has 0 aromatic heterocycles. The van der Waals surface area contributed by atoms with E-state index in [4.69, 9.17) is 4.74 Å². The molecule has 10 heavy (non-hydrogen) atoms. The molecule has 1 atom stereocenters. The summed E-state index contributed by atoms with van der Waals surface area (Å²) in [6.45, 7) is 9.08. The molecular weight excluding hydrogens is 124 g/mol. The monoisotopic (exact) mass is 140 g/mol. The molecule has 1 aliphatic rings. The summed E-state index contributed by atoms with van der Waals surface area (Å²) in [5, 5.41) is 0. The molecule has 1 heteroatoms. The first-order valence-electron chi connectivity index (χ1n) is 3.98. The van der Waals surface area contributed by atoms with Crippen LogP contribution >= 0.6 is 0 Å². The summed E-state index contributed by atoms with van der Waals surface area (Å²) in [7, 11) is 0. The van der Waals surface area contributed by atoms with Crippen LogP contribution in [0.15, 0.2) is 12.2 Å². The first kappa shape index (κ1) is 7.80. The van der Waals surface area contributed by atoms with Crippen LogP contribution in [-0.4, -0.2) is 12.7 Å². The van der Waals surface area contributed by atoms with Crippen molar-refractivity contribution in [3.63, 3.8) is 0 Å². The van der Waals surface area contributed by atoms with Crippen LogP contribution < -0.4 is 0 Å². The molecule has 1 unspecified atom stereocenters. The summed E-state index contributed by atoms with van der Waals surface area (Å²) in [5.74, 6) is 0.660. The van der Waals surface area contributed by atoms with Crippen LogP contribution in [0.3, 0.4) is 0 Å². The molecule has 1 nitrogen and oxygen atoms in total. The standard InChI is InChI=1S/C9H16O/c1-7(2)9-5-4-8(3)6-10-9/h7,9H,3-6H2,1-2H3. The van der Waals surface area contributed by atoms with Crippen LogP contribution in [-0.2, 0) is 4.74 Å². The lowest BCUT2D eigenvalue weighted by atomic mass is 9.97. The van der Waals surface area contributed by atoms with Crippen molar-refractivity contribution in [2.24, 2.45) is 5.92 Å². The fraction of sp³-hybridized carbons (Fsp3) is 0.778. The minimum atomic E-state index is 0.477. The van der Waals surface area contributed by atoms with Crippen molar-refractivity contribution in [2.45, 2.75) is 32.8 Å². The second kappa shape index (κ2) is 3.20. The second-order valence-corrected chi connectivity index (χ2v) is 3.38. The molecule has 0 N–H and O–H groups in total. The molecule has 0 aromatic rings. The van der Waals surface area contributed by atoms with Crippen molar-refractivity contribution in [1.29, 1.82) is 0 Å². The van der Waals surface area contributed by atoms with Crippen LogP contribution in [0.1, 0.15) is 26.7 Å². The van der Waals surface area contributed by atoms with E-state index in [2.05, 4.69) is 20.4 Å². The molecule has 58 valence electrons. The zero-order chi connectivity index (χ0) is 7.56. The van der Waals surface area contributed by atoms with Gasteiger partial charge in [0.25, 0.3) is 0 Å². The van der Waals surface area contributed by atoms with E-state index < -0.39 is 0 Å². The zero-order valence-corrected chi connectivity index (χ0v) is 6.89. The normalized spacial score (nSPS) is 27.5. The first-order valence-corrected chi connectivity index (χ1v) is 3.98. The molecule has 0 aliphatic carbocycles. The molecule has 1 fully saturated rings. The third-order valence-electron chi connectivity index (χ3n) is 2.03. The highest BCUT2D eigenvalue weighted by molar-refractivity contribution is 4.98. The van der Waals surface area contributed by atoms with Crippen LogP contribution in [0.5, 0.6) is 0 Å². The Bertz CT molecular complexity index is 117. The Labute approximate surface area is 63.1 Å². The Morgan fingerprint density at radius 1 is 1.60 bits per heavy atom. The number of rotatable bonds is 1. The van der Waals surface area contributed by atoms with Gasteiger partial charge in [0.1, 0.15) is 0 Å². The summed E-state index contributed by atoms with van der Waals surface area (Å²) < 4.78 is 5.55. The Kier molecular flexibility index (Phi) is 2.50. The topological polar surface area (TPSA) is 9.23 Å². The quantitative estimate of drug-likeness (QED) is 0.508. The van der Waals surface area contributed by atoms with Gasteiger partial charge in [-0.3, -0.25) is 0 Å². The van der Waals surface area contributed by atoms with Gasteiger partial charge in [0.2, 0.25) is 0 Å². The Balaban J connectivity index is 2.33. The molecule has 1 rings (SSSR count). The fourth-order valence-electron chi connectivity index (χ4n) is 1.25. The number of hydrogen-bond donors (Lipinski definition) is 0. The fourth-order valence-corrected chi connectivity index (χ4v) is 1.25. The highest BCUT2D eigenvalue weighted by atomic mass is 16.5. The van der Waals surface area contributed by atoms with Crippen LogP contribution in [0.2, 0.25) is 0 Å². The van der Waals surface area contributed by atoms with Crippen molar-refractivity contribution >= 4 is 0 Å². The maximum atomic E-state index is 5.55. The maximum absolute atomic E-state index is 5.55. The van der Waals surface area contributed by atoms with Gasteiger partial charge in [0.15, 0.2) is 0 Å². The average molecular weight is 140 g/mol. The molecular formula is C9H16O. The Hall–Kier alpha value is -0.300. The van der Waals surface area contributed by atoms with Gasteiger partial charge in [-0.25, -0.2) is 0 Å². The van der Waals surface area contributed by atoms with Crippen molar-refractivity contribution in [1.82, 2.24) is 0 Å². The third kappa shape index (κ3) is 1.84. The molecule has 1 heterocycles. The Morgan fingerprint density at radius 3 is 2.70 bits per heavy atom. The zero-order valence-electron chi connectivity index (χ0n) is 6.89. The van der Waals surface area contributed by atoms with Gasteiger partial charge in [-0.15, -0.1) is 0 Å². The van der Waals surface area contributed by atoms with Crippen LogP contribution in [0.25, 0.3) is 0 Å². The highest BCUT2D eigenvalue weighted by Gasteiger charge is 2.18. The molecule has 0 radical (unpaired) electrons. The van der Waals surface area contributed by atoms with E-state index >= 15 is 0 Å².